The Balaban J connectivity index is 2.11. The molecule has 0 unspecified atom stereocenters. The van der Waals surface area contributed by atoms with Crippen molar-refractivity contribution in [3.8, 4) is 0 Å². The molecule has 0 aliphatic heterocycles. The zero-order valence-corrected chi connectivity index (χ0v) is 10.1. The van der Waals surface area contributed by atoms with E-state index in [9.17, 15) is 0 Å². The fourth-order valence-electron chi connectivity index (χ4n) is 2.25. The molecule has 18 heavy (non-hydrogen) atoms. The van der Waals surface area contributed by atoms with E-state index in [1.807, 2.05) is 0 Å². The predicted molar refractivity (Wildman–Crippen MR) is 75.5 cm³/mol. The van der Waals surface area contributed by atoms with Crippen molar-refractivity contribution in [2.45, 2.75) is 0 Å². The van der Waals surface area contributed by atoms with Gasteiger partial charge in [-0.1, -0.05) is 12.1 Å². The molecule has 0 aromatic heterocycles. The van der Waals surface area contributed by atoms with Gasteiger partial charge in [-0.2, -0.15) is 16.7 Å². The first-order valence-corrected chi connectivity index (χ1v) is 6.15. The molecule has 3 rings (SSSR count). The highest BCUT2D eigenvalue weighted by atomic mass is 14.2. The lowest BCUT2D eigenvalue weighted by molar-refractivity contribution is 1.24. The van der Waals surface area contributed by atoms with Gasteiger partial charge in [-0.25, -0.2) is 0 Å². The van der Waals surface area contributed by atoms with E-state index >= 15 is 0 Å². The van der Waals surface area contributed by atoms with Gasteiger partial charge < -0.3 is 0 Å². The standard InChI is InChI=1S/C18H14/c1-3-9-15(10-4-1)18(17-13-7-8-14-17)16-11-5-2-6-12-16/h1-14H/q-2. The first kappa shape index (κ1) is 10.8. The molecule has 0 radical (unpaired) electrons. The normalized spacial score (nSPS) is 10.2. The molecule has 0 bridgehead atoms. The molecule has 0 heterocycles. The summed E-state index contributed by atoms with van der Waals surface area (Å²) >= 11 is 0. The second-order valence-corrected chi connectivity index (χ2v) is 4.28. The molecular formula is C18H14-2. The average Bonchev–Trinajstić information content (AvgIpc) is 2.95. The van der Waals surface area contributed by atoms with Crippen molar-refractivity contribution in [3.63, 3.8) is 0 Å². The number of benzene rings is 2. The summed E-state index contributed by atoms with van der Waals surface area (Å²) in [7, 11) is 0. The molecule has 0 saturated carbocycles. The minimum absolute atomic E-state index is 1.26. The van der Waals surface area contributed by atoms with Gasteiger partial charge in [0.15, 0.2) is 0 Å². The Morgan fingerprint density at radius 3 is 1.61 bits per heavy atom. The highest BCUT2D eigenvalue weighted by Gasteiger charge is 2.03. The molecule has 0 atom stereocenters. The van der Waals surface area contributed by atoms with Crippen molar-refractivity contribution in [2.75, 3.05) is 0 Å². The third-order valence-electron chi connectivity index (χ3n) is 3.08. The molecular weight excluding hydrogens is 216 g/mol. The van der Waals surface area contributed by atoms with E-state index in [0.717, 1.165) is 0 Å². The fraction of sp³-hybridized carbons (Fsp3) is 0. The molecule has 3 aromatic rings. The van der Waals surface area contributed by atoms with Crippen molar-refractivity contribution < 1.29 is 0 Å². The molecule has 0 aliphatic carbocycles. The summed E-state index contributed by atoms with van der Waals surface area (Å²) in [5.74, 6) is 1.29. The highest BCUT2D eigenvalue weighted by Crippen LogP contribution is 2.30. The number of hydrogen-bond acceptors (Lipinski definition) is 0. The summed E-state index contributed by atoms with van der Waals surface area (Å²) in [6.45, 7) is 0. The van der Waals surface area contributed by atoms with E-state index in [1.54, 1.807) is 0 Å². The summed E-state index contributed by atoms with van der Waals surface area (Å²) in [6.07, 6.45) is 0. The van der Waals surface area contributed by atoms with Crippen molar-refractivity contribution in [1.82, 2.24) is 0 Å². The van der Waals surface area contributed by atoms with Gasteiger partial charge in [0.05, 0.1) is 0 Å². The van der Waals surface area contributed by atoms with Crippen molar-refractivity contribution in [2.24, 2.45) is 0 Å². The minimum atomic E-state index is 1.26. The zero-order chi connectivity index (χ0) is 12.2. The van der Waals surface area contributed by atoms with Gasteiger partial charge in [-0.05, 0) is 0 Å². The van der Waals surface area contributed by atoms with Crippen LogP contribution in [-0.2, 0) is 0 Å². The van der Waals surface area contributed by atoms with Crippen molar-refractivity contribution >= 4 is 0 Å². The van der Waals surface area contributed by atoms with E-state index in [0.29, 0.717) is 0 Å². The van der Waals surface area contributed by atoms with Crippen LogP contribution in [0.5, 0.6) is 0 Å². The van der Waals surface area contributed by atoms with Crippen LogP contribution in [0.4, 0.5) is 0 Å². The number of rotatable bonds is 3. The zero-order valence-electron chi connectivity index (χ0n) is 10.1. The van der Waals surface area contributed by atoms with Crippen LogP contribution < -0.4 is 0 Å². The molecule has 0 nitrogen and oxygen atoms in total. The van der Waals surface area contributed by atoms with Crippen molar-refractivity contribution in [1.29, 1.82) is 0 Å². The maximum atomic E-state index is 2.16. The first-order valence-electron chi connectivity index (χ1n) is 6.15. The van der Waals surface area contributed by atoms with Crippen LogP contribution in [0.1, 0.15) is 16.7 Å². The lowest BCUT2D eigenvalue weighted by atomic mass is 9.86. The van der Waals surface area contributed by atoms with Crippen LogP contribution in [0.15, 0.2) is 84.9 Å². The van der Waals surface area contributed by atoms with Gasteiger partial charge in [0.1, 0.15) is 0 Å². The Morgan fingerprint density at radius 1 is 0.611 bits per heavy atom. The van der Waals surface area contributed by atoms with Gasteiger partial charge >= 0.3 is 0 Å². The molecule has 0 saturated heterocycles. The molecule has 0 aliphatic rings. The summed E-state index contributed by atoms with van der Waals surface area (Å²) in [4.78, 5) is 0. The van der Waals surface area contributed by atoms with Gasteiger partial charge in [-0.3, -0.25) is 0 Å². The van der Waals surface area contributed by atoms with Crippen LogP contribution in [0.25, 0.3) is 0 Å². The molecule has 0 heteroatoms. The molecule has 88 valence electrons. The van der Waals surface area contributed by atoms with E-state index in [-0.39, 0.29) is 0 Å². The van der Waals surface area contributed by atoms with Gasteiger partial charge in [0, 0.05) is 0 Å². The van der Waals surface area contributed by atoms with Crippen molar-refractivity contribution in [3.05, 3.63) is 108 Å². The second-order valence-electron chi connectivity index (χ2n) is 4.28. The van der Waals surface area contributed by atoms with Crippen LogP contribution in [0, 0.1) is 5.92 Å². The topological polar surface area (TPSA) is 0 Å². The molecule has 0 N–H and O–H groups in total. The Kier molecular flexibility index (Phi) is 2.93. The van der Waals surface area contributed by atoms with Crippen LogP contribution in [0.2, 0.25) is 0 Å². The van der Waals surface area contributed by atoms with Crippen LogP contribution >= 0.6 is 0 Å². The van der Waals surface area contributed by atoms with Gasteiger partial charge in [0.2, 0.25) is 0 Å². The predicted octanol–water partition coefficient (Wildman–Crippen LogP) is 4.42. The SMILES string of the molecule is c1ccc([C-](c2ccccc2)c2ccc[cH-]2)cc1. The maximum absolute atomic E-state index is 2.16. The van der Waals surface area contributed by atoms with Gasteiger partial charge in [0.25, 0.3) is 0 Å². The Labute approximate surface area is 108 Å². The molecule has 0 fully saturated rings. The van der Waals surface area contributed by atoms with E-state index < -0.39 is 0 Å². The first-order chi connectivity index (χ1) is 8.95. The Hall–Kier alpha value is -2.34. The lowest BCUT2D eigenvalue weighted by Crippen LogP contribution is -2.02. The summed E-state index contributed by atoms with van der Waals surface area (Å²) < 4.78 is 0. The third kappa shape index (κ3) is 2.05. The molecule has 0 amide bonds. The maximum Gasteiger partial charge on any atom is -0.0832 e. The number of hydrogen-bond donors (Lipinski definition) is 0. The Bertz CT molecular complexity index is 537. The summed E-state index contributed by atoms with van der Waals surface area (Å²) in [5, 5.41) is 0. The smallest absolute Gasteiger partial charge is 0.0832 e. The third-order valence-corrected chi connectivity index (χ3v) is 3.08. The highest BCUT2D eigenvalue weighted by molar-refractivity contribution is 5.57. The van der Waals surface area contributed by atoms with Crippen LogP contribution in [-0.4, -0.2) is 0 Å². The summed E-state index contributed by atoms with van der Waals surface area (Å²) in [5.41, 5.74) is 3.79. The minimum Gasteiger partial charge on any atom is -0.160 e. The molecule has 0 spiro atoms. The fourth-order valence-corrected chi connectivity index (χ4v) is 2.25. The van der Waals surface area contributed by atoms with Gasteiger partial charge in [-0.15, -0.1) is 78.7 Å². The monoisotopic (exact) mass is 230 g/mol. The average molecular weight is 230 g/mol. The second kappa shape index (κ2) is 4.89. The molecule has 3 aromatic carbocycles. The summed E-state index contributed by atoms with van der Waals surface area (Å²) in [6, 6.07) is 29.6. The van der Waals surface area contributed by atoms with E-state index in [2.05, 4.69) is 84.9 Å². The quantitative estimate of drug-likeness (QED) is 0.584. The van der Waals surface area contributed by atoms with Crippen LogP contribution in [0.3, 0.4) is 0 Å². The lowest BCUT2D eigenvalue weighted by Gasteiger charge is -2.29. The van der Waals surface area contributed by atoms with E-state index in [1.165, 1.54) is 22.6 Å². The van der Waals surface area contributed by atoms with E-state index in [4.69, 9.17) is 0 Å². The Morgan fingerprint density at radius 2 is 1.17 bits per heavy atom. The largest absolute Gasteiger partial charge is 0.160 e.